The number of pyridine rings is 1. The van der Waals surface area contributed by atoms with Gasteiger partial charge in [-0.1, -0.05) is 13.8 Å². The van der Waals surface area contributed by atoms with Crippen LogP contribution in [0.2, 0.25) is 0 Å². The summed E-state index contributed by atoms with van der Waals surface area (Å²) in [5, 5.41) is 0. The average Bonchev–Trinajstić information content (AvgIpc) is 2.61. The van der Waals surface area contributed by atoms with Crippen molar-refractivity contribution in [2.75, 3.05) is 57.8 Å². The Morgan fingerprint density at radius 3 is 2.40 bits per heavy atom. The Balaban J connectivity index is 1.48. The van der Waals surface area contributed by atoms with Gasteiger partial charge in [0.25, 0.3) is 0 Å². The maximum atomic E-state index is 12.6. The van der Waals surface area contributed by atoms with Gasteiger partial charge < -0.3 is 14.5 Å². The molecule has 0 N–H and O–H groups in total. The number of hydrogen-bond acceptors (Lipinski definition) is 5. The minimum atomic E-state index is 0.287. The number of carbonyl (C=O) groups excluding carboxylic acids is 1. The van der Waals surface area contributed by atoms with Crippen molar-refractivity contribution < 1.29 is 9.53 Å². The number of amides is 1. The third-order valence-corrected chi connectivity index (χ3v) is 5.23. The van der Waals surface area contributed by atoms with Crippen LogP contribution < -0.4 is 9.64 Å². The molecule has 0 saturated carbocycles. The predicted octanol–water partition coefficient (Wildman–Crippen LogP) is 1.72. The maximum absolute atomic E-state index is 12.6. The fraction of sp³-hybridized carbons (Fsp3) is 0.684. The van der Waals surface area contributed by atoms with Gasteiger partial charge >= 0.3 is 0 Å². The molecule has 25 heavy (non-hydrogen) atoms. The van der Waals surface area contributed by atoms with E-state index in [9.17, 15) is 4.79 Å². The second-order valence-corrected chi connectivity index (χ2v) is 7.56. The molecule has 6 nitrogen and oxygen atoms in total. The van der Waals surface area contributed by atoms with Crippen LogP contribution in [0.4, 0.5) is 5.82 Å². The van der Waals surface area contributed by atoms with E-state index in [0.29, 0.717) is 18.4 Å². The predicted molar refractivity (Wildman–Crippen MR) is 99.0 cm³/mol. The van der Waals surface area contributed by atoms with Crippen LogP contribution in [-0.4, -0.2) is 73.6 Å². The minimum absolute atomic E-state index is 0.287. The highest BCUT2D eigenvalue weighted by atomic mass is 16.5. The maximum Gasteiger partial charge on any atom is 0.236 e. The largest absolute Gasteiger partial charge is 0.495 e. The van der Waals surface area contributed by atoms with Gasteiger partial charge in [-0.25, -0.2) is 4.98 Å². The fourth-order valence-electron chi connectivity index (χ4n) is 3.97. The Kier molecular flexibility index (Phi) is 5.78. The van der Waals surface area contributed by atoms with E-state index in [4.69, 9.17) is 4.74 Å². The average molecular weight is 346 g/mol. The van der Waals surface area contributed by atoms with Gasteiger partial charge in [-0.3, -0.25) is 9.69 Å². The summed E-state index contributed by atoms with van der Waals surface area (Å²) < 4.78 is 5.16. The fourth-order valence-corrected chi connectivity index (χ4v) is 3.97. The Morgan fingerprint density at radius 2 is 1.84 bits per heavy atom. The summed E-state index contributed by atoms with van der Waals surface area (Å²) in [6.07, 6.45) is 2.99. The van der Waals surface area contributed by atoms with Gasteiger partial charge in [0.1, 0.15) is 11.6 Å². The van der Waals surface area contributed by atoms with E-state index >= 15 is 0 Å². The number of methoxy groups -OCH3 is 1. The van der Waals surface area contributed by atoms with Gasteiger partial charge in [-0.2, -0.15) is 0 Å². The molecule has 1 aromatic rings. The van der Waals surface area contributed by atoms with E-state index in [1.807, 2.05) is 12.1 Å². The molecule has 0 bridgehead atoms. The van der Waals surface area contributed by atoms with Crippen LogP contribution in [0.5, 0.6) is 5.75 Å². The Morgan fingerprint density at radius 1 is 1.16 bits per heavy atom. The zero-order valence-corrected chi connectivity index (χ0v) is 15.6. The lowest BCUT2D eigenvalue weighted by Crippen LogP contribution is -2.52. The molecule has 0 aromatic carbocycles. The van der Waals surface area contributed by atoms with Crippen LogP contribution in [0.3, 0.4) is 0 Å². The zero-order valence-electron chi connectivity index (χ0n) is 15.6. The molecule has 1 aromatic heterocycles. The lowest BCUT2D eigenvalue weighted by molar-refractivity contribution is -0.135. The number of rotatable bonds is 4. The summed E-state index contributed by atoms with van der Waals surface area (Å²) in [5.41, 5.74) is 0. The van der Waals surface area contributed by atoms with Crippen molar-refractivity contribution in [1.29, 1.82) is 0 Å². The molecule has 3 heterocycles. The summed E-state index contributed by atoms with van der Waals surface area (Å²) in [6.45, 7) is 10.5. The highest BCUT2D eigenvalue weighted by molar-refractivity contribution is 5.78. The van der Waals surface area contributed by atoms with Crippen molar-refractivity contribution in [2.45, 2.75) is 20.3 Å². The summed E-state index contributed by atoms with van der Waals surface area (Å²) >= 11 is 0. The minimum Gasteiger partial charge on any atom is -0.495 e. The zero-order chi connectivity index (χ0) is 17.8. The van der Waals surface area contributed by atoms with Crippen LogP contribution in [0.1, 0.15) is 20.3 Å². The summed E-state index contributed by atoms with van der Waals surface area (Å²) in [4.78, 5) is 23.7. The van der Waals surface area contributed by atoms with Crippen LogP contribution >= 0.6 is 0 Å². The molecule has 2 atom stereocenters. The molecule has 0 aliphatic carbocycles. The number of aromatic nitrogens is 1. The quantitative estimate of drug-likeness (QED) is 0.831. The first-order valence-corrected chi connectivity index (χ1v) is 9.30. The number of nitrogens with zero attached hydrogens (tertiary/aromatic N) is 4. The molecule has 1 amide bonds. The van der Waals surface area contributed by atoms with Gasteiger partial charge in [-0.15, -0.1) is 0 Å². The number of piperazine rings is 1. The van der Waals surface area contributed by atoms with E-state index < -0.39 is 0 Å². The number of piperidine rings is 1. The molecular weight excluding hydrogens is 316 g/mol. The third-order valence-electron chi connectivity index (χ3n) is 5.23. The molecule has 2 aliphatic rings. The summed E-state index contributed by atoms with van der Waals surface area (Å²) in [6, 6.07) is 3.94. The second kappa shape index (κ2) is 8.04. The monoisotopic (exact) mass is 346 g/mol. The first-order chi connectivity index (χ1) is 12.0. The molecule has 0 radical (unpaired) electrons. The van der Waals surface area contributed by atoms with E-state index in [-0.39, 0.29) is 5.91 Å². The Bertz CT molecular complexity index is 559. The van der Waals surface area contributed by atoms with Crippen molar-refractivity contribution in [2.24, 2.45) is 11.8 Å². The Labute approximate surface area is 150 Å². The molecular formula is C19H30N4O2. The van der Waals surface area contributed by atoms with Gasteiger partial charge in [-0.05, 0) is 30.4 Å². The third kappa shape index (κ3) is 4.63. The molecule has 2 unspecified atom stereocenters. The van der Waals surface area contributed by atoms with Crippen molar-refractivity contribution in [1.82, 2.24) is 14.8 Å². The van der Waals surface area contributed by atoms with E-state index in [1.165, 1.54) is 6.42 Å². The number of likely N-dealkylation sites (tertiary alicyclic amines) is 1. The van der Waals surface area contributed by atoms with E-state index in [1.54, 1.807) is 13.3 Å². The van der Waals surface area contributed by atoms with Crippen molar-refractivity contribution in [3.05, 3.63) is 18.3 Å². The topological polar surface area (TPSA) is 48.9 Å². The van der Waals surface area contributed by atoms with Gasteiger partial charge in [0.15, 0.2) is 0 Å². The Hall–Kier alpha value is -1.82. The number of ether oxygens (including phenoxy) is 1. The first-order valence-electron chi connectivity index (χ1n) is 9.30. The van der Waals surface area contributed by atoms with Gasteiger partial charge in [0, 0.05) is 39.3 Å². The molecule has 2 aliphatic heterocycles. The molecule has 2 saturated heterocycles. The van der Waals surface area contributed by atoms with Gasteiger partial charge in [0.05, 0.1) is 19.9 Å². The SMILES string of the molecule is COc1ccc(N2CCN(CC(=O)N3CC(C)CC(C)C3)CC2)nc1. The van der Waals surface area contributed by atoms with Crippen LogP contribution in [0.15, 0.2) is 18.3 Å². The standard InChI is InChI=1S/C19H30N4O2/c1-15-10-16(2)13-23(12-15)19(24)14-21-6-8-22(9-7-21)18-5-4-17(25-3)11-20-18/h4-5,11,15-16H,6-10,12-14H2,1-3H3. The lowest BCUT2D eigenvalue weighted by atomic mass is 9.92. The number of carbonyl (C=O) groups is 1. The van der Waals surface area contributed by atoms with Crippen LogP contribution in [0.25, 0.3) is 0 Å². The van der Waals surface area contributed by atoms with Crippen molar-refractivity contribution in [3.8, 4) is 5.75 Å². The number of anilines is 1. The molecule has 2 fully saturated rings. The van der Waals surface area contributed by atoms with Gasteiger partial charge in [0.2, 0.25) is 5.91 Å². The van der Waals surface area contributed by atoms with Crippen LogP contribution in [0, 0.1) is 11.8 Å². The normalized spacial score (nSPS) is 25.1. The van der Waals surface area contributed by atoms with Crippen LogP contribution in [-0.2, 0) is 4.79 Å². The highest BCUT2D eigenvalue weighted by Gasteiger charge is 2.27. The summed E-state index contributed by atoms with van der Waals surface area (Å²) in [5.74, 6) is 3.27. The smallest absolute Gasteiger partial charge is 0.236 e. The molecule has 0 spiro atoms. The molecule has 3 rings (SSSR count). The highest BCUT2D eigenvalue weighted by Crippen LogP contribution is 2.21. The van der Waals surface area contributed by atoms with E-state index in [0.717, 1.165) is 50.8 Å². The van der Waals surface area contributed by atoms with Crippen molar-refractivity contribution in [3.63, 3.8) is 0 Å². The summed E-state index contributed by atoms with van der Waals surface area (Å²) in [7, 11) is 1.65. The van der Waals surface area contributed by atoms with Crippen molar-refractivity contribution >= 4 is 11.7 Å². The molecule has 138 valence electrons. The van der Waals surface area contributed by atoms with E-state index in [2.05, 4.69) is 33.5 Å². The molecule has 6 heteroatoms. The number of hydrogen-bond donors (Lipinski definition) is 0. The lowest BCUT2D eigenvalue weighted by Gasteiger charge is -2.38. The second-order valence-electron chi connectivity index (χ2n) is 7.56. The first kappa shape index (κ1) is 18.0.